The topological polar surface area (TPSA) is 123 Å². The van der Waals surface area contributed by atoms with E-state index < -0.39 is 12.1 Å². The summed E-state index contributed by atoms with van der Waals surface area (Å²) in [6.07, 6.45) is -0.615. The highest BCUT2D eigenvalue weighted by Gasteiger charge is 2.38. The normalized spacial score (nSPS) is 18.1. The lowest BCUT2D eigenvalue weighted by atomic mass is 9.99. The number of carbonyl (C=O) groups excluding carboxylic acids is 3. The Morgan fingerprint density at radius 3 is 2.41 bits per heavy atom. The van der Waals surface area contributed by atoms with Crippen molar-refractivity contribution in [2.24, 2.45) is 0 Å². The minimum Gasteiger partial charge on any atom is -0.394 e. The molecule has 32 heavy (non-hydrogen) atoms. The van der Waals surface area contributed by atoms with Gasteiger partial charge in [-0.1, -0.05) is 12.1 Å². The number of nitriles is 1. The number of aliphatic hydroxyl groups excluding tert-OH is 1. The Labute approximate surface area is 185 Å². The number of anilines is 1. The first-order chi connectivity index (χ1) is 15.3. The lowest BCUT2D eigenvalue weighted by molar-refractivity contribution is -0.164. The second kappa shape index (κ2) is 10.0. The Morgan fingerprint density at radius 2 is 1.84 bits per heavy atom. The summed E-state index contributed by atoms with van der Waals surface area (Å²) < 4.78 is 5.67. The van der Waals surface area contributed by atoms with Gasteiger partial charge in [-0.2, -0.15) is 5.26 Å². The second-order valence-corrected chi connectivity index (χ2v) is 7.56. The fourth-order valence-corrected chi connectivity index (χ4v) is 3.36. The molecule has 166 valence electrons. The van der Waals surface area contributed by atoms with Gasteiger partial charge in [-0.15, -0.1) is 0 Å². The van der Waals surface area contributed by atoms with E-state index >= 15 is 0 Å². The van der Waals surface area contributed by atoms with Crippen LogP contribution in [0.1, 0.15) is 27.6 Å². The number of hydrogen-bond donors (Lipinski definition) is 2. The number of benzene rings is 2. The largest absolute Gasteiger partial charge is 0.394 e. The zero-order chi connectivity index (χ0) is 23.3. The third-order valence-electron chi connectivity index (χ3n) is 5.22. The molecule has 0 bridgehead atoms. The highest BCUT2D eigenvalue weighted by atomic mass is 16.5. The van der Waals surface area contributed by atoms with Gasteiger partial charge in [0.25, 0.3) is 5.91 Å². The van der Waals surface area contributed by atoms with Gasteiger partial charge in [-0.05, 0) is 42.0 Å². The van der Waals surface area contributed by atoms with Crippen molar-refractivity contribution in [3.63, 3.8) is 0 Å². The van der Waals surface area contributed by atoms with E-state index in [2.05, 4.69) is 5.32 Å². The van der Waals surface area contributed by atoms with E-state index in [0.717, 1.165) is 0 Å². The maximum absolute atomic E-state index is 12.4. The molecule has 0 aliphatic carbocycles. The molecule has 2 aromatic rings. The maximum Gasteiger partial charge on any atom is 0.255 e. The van der Waals surface area contributed by atoms with E-state index in [-0.39, 0.29) is 37.5 Å². The summed E-state index contributed by atoms with van der Waals surface area (Å²) in [5.41, 5.74) is 2.14. The fraction of sp³-hybridized carbons (Fsp3) is 0.304. The van der Waals surface area contributed by atoms with Crippen LogP contribution in [0.15, 0.2) is 48.5 Å². The van der Waals surface area contributed by atoms with Gasteiger partial charge in [0, 0.05) is 25.3 Å². The molecule has 0 aromatic heterocycles. The molecule has 1 aliphatic rings. The average molecular weight is 436 g/mol. The molecule has 2 unspecified atom stereocenters. The molecule has 1 fully saturated rings. The molecule has 1 heterocycles. The molecule has 3 rings (SSSR count). The van der Waals surface area contributed by atoms with E-state index in [0.29, 0.717) is 22.4 Å². The van der Waals surface area contributed by atoms with Gasteiger partial charge in [-0.25, -0.2) is 0 Å². The van der Waals surface area contributed by atoms with Crippen LogP contribution in [0.4, 0.5) is 5.69 Å². The first-order valence-electron chi connectivity index (χ1n) is 9.97. The number of likely N-dealkylation sites (N-methyl/N-ethyl adjacent to an activating group) is 1. The molecule has 0 saturated carbocycles. The Hall–Kier alpha value is -3.74. The van der Waals surface area contributed by atoms with E-state index in [4.69, 9.17) is 10.00 Å². The van der Waals surface area contributed by atoms with Gasteiger partial charge in [0.1, 0.15) is 19.3 Å². The van der Waals surface area contributed by atoms with Crippen LogP contribution < -0.4 is 5.32 Å². The quantitative estimate of drug-likeness (QED) is 0.701. The van der Waals surface area contributed by atoms with Crippen molar-refractivity contribution in [3.8, 4) is 6.07 Å². The standard InChI is InChI=1S/C23H24N4O5/c1-26(2)20(29)12-27-19(13-28)22(32-14-21(27)30)16-7-9-18(10-8-16)25-23(31)17-5-3-15(11-24)4-6-17/h3-10,19,22,28H,12-14H2,1-2H3,(H,25,31). The zero-order valence-corrected chi connectivity index (χ0v) is 17.8. The zero-order valence-electron chi connectivity index (χ0n) is 17.8. The van der Waals surface area contributed by atoms with Crippen molar-refractivity contribution in [2.45, 2.75) is 12.1 Å². The maximum atomic E-state index is 12.4. The fourth-order valence-electron chi connectivity index (χ4n) is 3.36. The summed E-state index contributed by atoms with van der Waals surface area (Å²) in [7, 11) is 3.20. The highest BCUT2D eigenvalue weighted by Crippen LogP contribution is 2.30. The molecule has 0 spiro atoms. The van der Waals surface area contributed by atoms with Gasteiger partial charge in [0.2, 0.25) is 11.8 Å². The van der Waals surface area contributed by atoms with E-state index in [1.165, 1.54) is 9.80 Å². The average Bonchev–Trinajstić information content (AvgIpc) is 2.80. The number of nitrogens with one attached hydrogen (secondary N) is 1. The third kappa shape index (κ3) is 5.11. The van der Waals surface area contributed by atoms with Gasteiger partial charge in [-0.3, -0.25) is 14.4 Å². The molecular formula is C23H24N4O5. The number of rotatable bonds is 6. The molecule has 1 saturated heterocycles. The van der Waals surface area contributed by atoms with Crippen LogP contribution in [0.5, 0.6) is 0 Å². The summed E-state index contributed by atoms with van der Waals surface area (Å²) in [4.78, 5) is 39.6. The number of morpholine rings is 1. The van der Waals surface area contributed by atoms with E-state index in [9.17, 15) is 19.5 Å². The van der Waals surface area contributed by atoms with Crippen LogP contribution in [0.25, 0.3) is 0 Å². The minimum absolute atomic E-state index is 0.143. The Morgan fingerprint density at radius 1 is 1.19 bits per heavy atom. The first-order valence-corrected chi connectivity index (χ1v) is 9.97. The van der Waals surface area contributed by atoms with Crippen molar-refractivity contribution in [3.05, 3.63) is 65.2 Å². The number of aliphatic hydroxyl groups is 1. The van der Waals surface area contributed by atoms with Crippen molar-refractivity contribution < 1.29 is 24.2 Å². The van der Waals surface area contributed by atoms with Gasteiger partial charge in [0.05, 0.1) is 24.3 Å². The number of nitrogens with zero attached hydrogens (tertiary/aromatic N) is 3. The monoisotopic (exact) mass is 436 g/mol. The van der Waals surface area contributed by atoms with Crippen molar-refractivity contribution in [1.82, 2.24) is 9.80 Å². The van der Waals surface area contributed by atoms with Crippen LogP contribution in [0, 0.1) is 11.3 Å². The van der Waals surface area contributed by atoms with Crippen LogP contribution in [0.2, 0.25) is 0 Å². The van der Waals surface area contributed by atoms with Gasteiger partial charge in [0.15, 0.2) is 0 Å². The summed E-state index contributed by atoms with van der Waals surface area (Å²) in [6, 6.07) is 14.5. The van der Waals surface area contributed by atoms with E-state index in [1.807, 2.05) is 6.07 Å². The second-order valence-electron chi connectivity index (χ2n) is 7.56. The molecular weight excluding hydrogens is 412 g/mol. The predicted molar refractivity (Wildman–Crippen MR) is 116 cm³/mol. The lowest BCUT2D eigenvalue weighted by Crippen LogP contribution is -2.55. The molecule has 2 N–H and O–H groups in total. The molecule has 2 aromatic carbocycles. The Balaban J connectivity index is 1.72. The van der Waals surface area contributed by atoms with Crippen molar-refractivity contribution in [1.29, 1.82) is 5.26 Å². The molecule has 2 atom stereocenters. The lowest BCUT2D eigenvalue weighted by Gasteiger charge is -2.40. The molecule has 9 nitrogen and oxygen atoms in total. The molecule has 9 heteroatoms. The predicted octanol–water partition coefficient (Wildman–Crippen LogP) is 1.16. The summed E-state index contributed by atoms with van der Waals surface area (Å²) in [6.45, 7) is -0.705. The van der Waals surface area contributed by atoms with Gasteiger partial charge >= 0.3 is 0 Å². The molecule has 1 aliphatic heterocycles. The Kier molecular flexibility index (Phi) is 7.20. The number of carbonyl (C=O) groups is 3. The third-order valence-corrected chi connectivity index (χ3v) is 5.22. The van der Waals surface area contributed by atoms with Crippen LogP contribution in [-0.4, -0.2) is 72.5 Å². The highest BCUT2D eigenvalue weighted by molar-refractivity contribution is 6.04. The SMILES string of the molecule is CN(C)C(=O)CN1C(=O)COC(c2ccc(NC(=O)c3ccc(C#N)cc3)cc2)C1CO. The molecule has 3 amide bonds. The van der Waals surface area contributed by atoms with Crippen molar-refractivity contribution in [2.75, 3.05) is 39.2 Å². The number of hydrogen-bond acceptors (Lipinski definition) is 6. The van der Waals surface area contributed by atoms with Crippen LogP contribution >= 0.6 is 0 Å². The molecule has 0 radical (unpaired) electrons. The minimum atomic E-state index is -0.709. The number of amides is 3. The number of ether oxygens (including phenoxy) is 1. The van der Waals surface area contributed by atoms with Crippen LogP contribution in [-0.2, 0) is 14.3 Å². The van der Waals surface area contributed by atoms with Crippen LogP contribution in [0.3, 0.4) is 0 Å². The summed E-state index contributed by atoms with van der Waals surface area (Å²) >= 11 is 0. The van der Waals surface area contributed by atoms with Crippen molar-refractivity contribution >= 4 is 23.4 Å². The first kappa shape index (κ1) is 22.9. The smallest absolute Gasteiger partial charge is 0.255 e. The summed E-state index contributed by atoms with van der Waals surface area (Å²) in [5.74, 6) is -0.927. The summed E-state index contributed by atoms with van der Waals surface area (Å²) in [5, 5.41) is 21.6. The Bertz CT molecular complexity index is 1030. The van der Waals surface area contributed by atoms with Gasteiger partial charge < -0.3 is 25.0 Å². The van der Waals surface area contributed by atoms with E-state index in [1.54, 1.807) is 62.6 Å².